The molecule has 0 amide bonds. The quantitative estimate of drug-likeness (QED) is 0.329. The minimum Gasteiger partial charge on any atom is -0.459 e. The summed E-state index contributed by atoms with van der Waals surface area (Å²) in [6.45, 7) is 6.46. The molecule has 2 atom stereocenters. The average molecular weight is 474 g/mol. The molecule has 0 spiro atoms. The lowest BCUT2D eigenvalue weighted by Crippen LogP contribution is -2.09. The Morgan fingerprint density at radius 3 is 2.48 bits per heavy atom. The zero-order chi connectivity index (χ0) is 24.2. The summed E-state index contributed by atoms with van der Waals surface area (Å²) < 4.78 is 5.07. The van der Waals surface area contributed by atoms with Crippen molar-refractivity contribution in [3.63, 3.8) is 0 Å². The molecule has 0 aliphatic heterocycles. The second kappa shape index (κ2) is 14.3. The number of carbonyl (C=O) groups is 2. The van der Waals surface area contributed by atoms with Crippen molar-refractivity contribution in [3.8, 4) is 0 Å². The van der Waals surface area contributed by atoms with Gasteiger partial charge in [-0.2, -0.15) is 0 Å². The van der Waals surface area contributed by atoms with Gasteiger partial charge in [0, 0.05) is 17.2 Å². The van der Waals surface area contributed by atoms with Crippen LogP contribution in [-0.4, -0.2) is 29.5 Å². The summed E-state index contributed by atoms with van der Waals surface area (Å²) in [5.74, 6) is 0.232. The SMILES string of the molecule is CC(C)OC(=O)c1ccc(CCN)s1.CCCCCC(O)c1ccc(C2CCCC2=O)cc1. The lowest BCUT2D eigenvalue weighted by Gasteiger charge is -2.13. The van der Waals surface area contributed by atoms with E-state index in [0.29, 0.717) is 17.2 Å². The third-order valence-corrected chi connectivity index (χ3v) is 6.83. The van der Waals surface area contributed by atoms with Gasteiger partial charge >= 0.3 is 5.97 Å². The van der Waals surface area contributed by atoms with E-state index in [1.165, 1.54) is 24.2 Å². The first-order valence-corrected chi connectivity index (χ1v) is 13.0. The number of rotatable bonds is 10. The van der Waals surface area contributed by atoms with Gasteiger partial charge in [0.05, 0.1) is 12.2 Å². The Hall–Kier alpha value is -2.02. The number of ether oxygens (including phenoxy) is 1. The molecule has 3 rings (SSSR count). The number of Topliss-reactive ketones (excluding diaryl/α,β-unsaturated/α-hetero) is 1. The van der Waals surface area contributed by atoms with Gasteiger partial charge in [-0.1, -0.05) is 50.5 Å². The number of thiophene rings is 1. The molecule has 6 heteroatoms. The van der Waals surface area contributed by atoms with Crippen molar-refractivity contribution in [1.29, 1.82) is 0 Å². The Balaban J connectivity index is 0.000000245. The Morgan fingerprint density at radius 1 is 1.18 bits per heavy atom. The van der Waals surface area contributed by atoms with Crippen molar-refractivity contribution in [2.24, 2.45) is 5.73 Å². The normalized spacial score (nSPS) is 16.4. The summed E-state index contributed by atoms with van der Waals surface area (Å²) >= 11 is 1.45. The molecule has 0 radical (unpaired) electrons. The molecule has 3 N–H and O–H groups in total. The number of carbonyl (C=O) groups excluding carboxylic acids is 2. The van der Waals surface area contributed by atoms with Crippen LogP contribution in [0.1, 0.15) is 103 Å². The van der Waals surface area contributed by atoms with Crippen LogP contribution in [0.25, 0.3) is 0 Å². The Labute approximate surface area is 202 Å². The van der Waals surface area contributed by atoms with Crippen LogP contribution >= 0.6 is 11.3 Å². The summed E-state index contributed by atoms with van der Waals surface area (Å²) in [4.78, 5) is 24.9. The lowest BCUT2D eigenvalue weighted by atomic mass is 9.94. The summed E-state index contributed by atoms with van der Waals surface area (Å²) in [7, 11) is 0. The fraction of sp³-hybridized carbons (Fsp3) is 0.556. The Morgan fingerprint density at radius 2 is 1.91 bits per heavy atom. The maximum atomic E-state index is 11.7. The monoisotopic (exact) mass is 473 g/mol. The van der Waals surface area contributed by atoms with Crippen LogP contribution in [0.3, 0.4) is 0 Å². The first kappa shape index (κ1) is 27.2. The van der Waals surface area contributed by atoms with Crippen LogP contribution in [0.15, 0.2) is 36.4 Å². The number of unbranched alkanes of at least 4 members (excludes halogenated alkanes) is 2. The van der Waals surface area contributed by atoms with E-state index < -0.39 is 0 Å². The van der Waals surface area contributed by atoms with Crippen molar-refractivity contribution >= 4 is 23.1 Å². The van der Waals surface area contributed by atoms with Crippen molar-refractivity contribution in [1.82, 2.24) is 0 Å². The van der Waals surface area contributed by atoms with Crippen LogP contribution < -0.4 is 5.73 Å². The van der Waals surface area contributed by atoms with Gasteiger partial charge < -0.3 is 15.6 Å². The average Bonchev–Trinajstić information content (AvgIpc) is 3.43. The minimum atomic E-state index is -0.361. The first-order chi connectivity index (χ1) is 15.8. The molecule has 1 aromatic carbocycles. The highest BCUT2D eigenvalue weighted by Crippen LogP contribution is 2.32. The minimum absolute atomic E-state index is 0.0671. The largest absolute Gasteiger partial charge is 0.459 e. The van der Waals surface area contributed by atoms with E-state index in [4.69, 9.17) is 10.5 Å². The second-order valence-corrected chi connectivity index (χ2v) is 10.0. The zero-order valence-corrected chi connectivity index (χ0v) is 21.0. The summed E-state index contributed by atoms with van der Waals surface area (Å²) in [5, 5.41) is 10.1. The molecule has 5 nitrogen and oxygen atoms in total. The van der Waals surface area contributed by atoms with Crippen molar-refractivity contribution in [3.05, 3.63) is 57.3 Å². The number of aliphatic hydroxyl groups excluding tert-OH is 1. The molecule has 0 bridgehead atoms. The zero-order valence-electron chi connectivity index (χ0n) is 20.2. The van der Waals surface area contributed by atoms with Crippen molar-refractivity contribution in [2.45, 2.75) is 90.3 Å². The molecule has 182 valence electrons. The van der Waals surface area contributed by atoms with Gasteiger partial charge in [-0.15, -0.1) is 11.3 Å². The van der Waals surface area contributed by atoms with Gasteiger partial charge in [0.2, 0.25) is 0 Å². The molecular weight excluding hydrogens is 434 g/mol. The third kappa shape index (κ3) is 9.03. The molecule has 0 saturated heterocycles. The predicted molar refractivity (Wildman–Crippen MR) is 135 cm³/mol. The number of ketones is 1. The highest BCUT2D eigenvalue weighted by atomic mass is 32.1. The lowest BCUT2D eigenvalue weighted by molar-refractivity contribution is -0.118. The van der Waals surface area contributed by atoms with Crippen LogP contribution in [0, 0.1) is 0 Å². The molecule has 1 aliphatic carbocycles. The number of aliphatic hydroxyl groups is 1. The summed E-state index contributed by atoms with van der Waals surface area (Å²) in [6, 6.07) is 11.7. The number of benzene rings is 1. The number of hydrogen-bond donors (Lipinski definition) is 2. The van der Waals surface area contributed by atoms with Gasteiger partial charge in [0.25, 0.3) is 0 Å². The van der Waals surface area contributed by atoms with E-state index in [0.717, 1.165) is 54.5 Å². The van der Waals surface area contributed by atoms with E-state index in [2.05, 4.69) is 6.92 Å². The molecule has 1 aromatic heterocycles. The molecule has 1 saturated carbocycles. The van der Waals surface area contributed by atoms with Gasteiger partial charge in [0.15, 0.2) is 0 Å². The molecule has 2 aromatic rings. The number of esters is 1. The molecular formula is C27H39NO4S. The number of nitrogens with two attached hydrogens (primary N) is 1. The van der Waals surface area contributed by atoms with Crippen molar-refractivity contribution in [2.75, 3.05) is 6.54 Å². The van der Waals surface area contributed by atoms with Crippen LogP contribution in [0.2, 0.25) is 0 Å². The summed E-state index contributed by atoms with van der Waals surface area (Å²) in [5.41, 5.74) is 7.51. The Bertz CT molecular complexity index is 859. The van der Waals surface area contributed by atoms with E-state index in [1.54, 1.807) is 6.07 Å². The maximum absolute atomic E-state index is 11.7. The van der Waals surface area contributed by atoms with Crippen LogP contribution in [0.5, 0.6) is 0 Å². The van der Waals surface area contributed by atoms with Gasteiger partial charge in [-0.25, -0.2) is 4.79 Å². The first-order valence-electron chi connectivity index (χ1n) is 12.2. The maximum Gasteiger partial charge on any atom is 0.348 e. The number of hydrogen-bond acceptors (Lipinski definition) is 6. The van der Waals surface area contributed by atoms with Gasteiger partial charge in [-0.3, -0.25) is 4.79 Å². The van der Waals surface area contributed by atoms with E-state index in [1.807, 2.05) is 44.2 Å². The van der Waals surface area contributed by atoms with Gasteiger partial charge in [0.1, 0.15) is 10.7 Å². The second-order valence-electron chi connectivity index (χ2n) is 8.85. The van der Waals surface area contributed by atoms with Crippen molar-refractivity contribution < 1.29 is 19.4 Å². The molecule has 33 heavy (non-hydrogen) atoms. The van der Waals surface area contributed by atoms with Crippen LogP contribution in [0.4, 0.5) is 0 Å². The molecule has 1 heterocycles. The standard InChI is InChI=1S/C17H24O2.C10H15NO2S/c1-2-3-4-7-16(18)14-11-9-13(10-12-14)15-6-5-8-17(15)19;1-7(2)13-10(12)9-4-3-8(14-9)5-6-11/h9-12,15-16,18H,2-8H2,1H3;3-4,7H,5-6,11H2,1-2H3. The fourth-order valence-electron chi connectivity index (χ4n) is 3.91. The van der Waals surface area contributed by atoms with E-state index in [-0.39, 0.29) is 24.1 Å². The fourth-order valence-corrected chi connectivity index (χ4v) is 4.82. The Kier molecular flexibility index (Phi) is 11.8. The summed E-state index contributed by atoms with van der Waals surface area (Å²) in [6.07, 6.45) is 7.37. The predicted octanol–water partition coefficient (Wildman–Crippen LogP) is 5.95. The smallest absolute Gasteiger partial charge is 0.348 e. The molecule has 1 aliphatic rings. The molecule has 2 unspecified atom stereocenters. The highest BCUT2D eigenvalue weighted by Gasteiger charge is 2.25. The highest BCUT2D eigenvalue weighted by molar-refractivity contribution is 7.13. The van der Waals surface area contributed by atoms with Gasteiger partial charge in [-0.05, 0) is 69.3 Å². The van der Waals surface area contributed by atoms with E-state index >= 15 is 0 Å². The topological polar surface area (TPSA) is 89.6 Å². The van der Waals surface area contributed by atoms with E-state index in [9.17, 15) is 14.7 Å². The van der Waals surface area contributed by atoms with Crippen LogP contribution in [-0.2, 0) is 16.0 Å². The third-order valence-electron chi connectivity index (χ3n) is 5.71. The molecule has 1 fully saturated rings.